The van der Waals surface area contributed by atoms with E-state index in [1.807, 2.05) is 6.07 Å². The SMILES string of the molecule is CC1CCCN(C(CCN2CCOCC2)c2ccc(Cl)c(Cl)c2)C1. The van der Waals surface area contributed by atoms with Crippen LogP contribution in [-0.2, 0) is 4.74 Å². The highest BCUT2D eigenvalue weighted by Gasteiger charge is 2.26. The Kier molecular flexibility index (Phi) is 6.82. The molecule has 0 aliphatic carbocycles. The minimum Gasteiger partial charge on any atom is -0.379 e. The molecule has 24 heavy (non-hydrogen) atoms. The topological polar surface area (TPSA) is 15.7 Å². The molecule has 3 rings (SSSR count). The van der Waals surface area contributed by atoms with Gasteiger partial charge in [0.1, 0.15) is 0 Å². The normalized spacial score (nSPS) is 24.9. The smallest absolute Gasteiger partial charge is 0.0595 e. The van der Waals surface area contributed by atoms with Crippen molar-refractivity contribution < 1.29 is 4.74 Å². The fraction of sp³-hybridized carbons (Fsp3) is 0.684. The molecule has 1 aromatic rings. The molecule has 2 unspecified atom stereocenters. The number of halogens is 2. The van der Waals surface area contributed by atoms with Crippen LogP contribution in [-0.4, -0.2) is 55.7 Å². The van der Waals surface area contributed by atoms with E-state index in [1.165, 1.54) is 31.5 Å². The Balaban J connectivity index is 1.73. The zero-order valence-corrected chi connectivity index (χ0v) is 16.0. The zero-order valence-electron chi connectivity index (χ0n) is 14.5. The van der Waals surface area contributed by atoms with Crippen LogP contribution in [0.4, 0.5) is 0 Å². The van der Waals surface area contributed by atoms with Crippen LogP contribution in [0.5, 0.6) is 0 Å². The van der Waals surface area contributed by atoms with Crippen LogP contribution >= 0.6 is 23.2 Å². The maximum Gasteiger partial charge on any atom is 0.0595 e. The summed E-state index contributed by atoms with van der Waals surface area (Å²) in [5.41, 5.74) is 1.30. The van der Waals surface area contributed by atoms with Gasteiger partial charge in [-0.25, -0.2) is 0 Å². The first-order chi connectivity index (χ1) is 11.6. The predicted molar refractivity (Wildman–Crippen MR) is 101 cm³/mol. The second kappa shape index (κ2) is 8.86. The quantitative estimate of drug-likeness (QED) is 0.759. The molecule has 2 atom stereocenters. The summed E-state index contributed by atoms with van der Waals surface area (Å²) in [7, 11) is 0. The lowest BCUT2D eigenvalue weighted by Crippen LogP contribution is -2.41. The Bertz CT molecular complexity index is 534. The average molecular weight is 371 g/mol. The second-order valence-corrected chi connectivity index (χ2v) is 7.99. The number of benzene rings is 1. The van der Waals surface area contributed by atoms with Crippen molar-refractivity contribution >= 4 is 23.2 Å². The summed E-state index contributed by atoms with van der Waals surface area (Å²) in [6, 6.07) is 6.57. The van der Waals surface area contributed by atoms with E-state index >= 15 is 0 Å². The van der Waals surface area contributed by atoms with Gasteiger partial charge in [-0.05, 0) is 49.4 Å². The number of hydrogen-bond acceptors (Lipinski definition) is 3. The average Bonchev–Trinajstić information content (AvgIpc) is 2.59. The fourth-order valence-electron chi connectivity index (χ4n) is 3.92. The number of hydrogen-bond donors (Lipinski definition) is 0. The van der Waals surface area contributed by atoms with E-state index in [9.17, 15) is 0 Å². The predicted octanol–water partition coefficient (Wildman–Crippen LogP) is 4.49. The van der Waals surface area contributed by atoms with E-state index in [-0.39, 0.29) is 0 Å². The number of nitrogens with zero attached hydrogens (tertiary/aromatic N) is 2. The molecular weight excluding hydrogens is 343 g/mol. The molecule has 2 fully saturated rings. The molecule has 0 bridgehead atoms. The summed E-state index contributed by atoms with van der Waals surface area (Å²) in [4.78, 5) is 5.16. The zero-order chi connectivity index (χ0) is 16.9. The van der Waals surface area contributed by atoms with Gasteiger partial charge in [-0.2, -0.15) is 0 Å². The molecule has 134 valence electrons. The molecule has 0 radical (unpaired) electrons. The maximum absolute atomic E-state index is 6.30. The van der Waals surface area contributed by atoms with Crippen molar-refractivity contribution in [1.82, 2.24) is 9.80 Å². The molecule has 2 aliphatic rings. The second-order valence-electron chi connectivity index (χ2n) is 7.17. The summed E-state index contributed by atoms with van der Waals surface area (Å²) in [5.74, 6) is 0.771. The molecule has 0 aromatic heterocycles. The van der Waals surface area contributed by atoms with Crippen LogP contribution in [0, 0.1) is 5.92 Å². The third-order valence-electron chi connectivity index (χ3n) is 5.28. The number of ether oxygens (including phenoxy) is 1. The summed E-state index contributed by atoms with van der Waals surface area (Å²) in [6.07, 6.45) is 3.76. The third-order valence-corrected chi connectivity index (χ3v) is 6.02. The van der Waals surface area contributed by atoms with E-state index in [1.54, 1.807) is 0 Å². The molecule has 2 saturated heterocycles. The van der Waals surface area contributed by atoms with Crippen LogP contribution in [0.1, 0.15) is 37.8 Å². The highest BCUT2D eigenvalue weighted by Crippen LogP contribution is 2.33. The van der Waals surface area contributed by atoms with Gasteiger partial charge < -0.3 is 4.74 Å². The molecule has 0 saturated carbocycles. The summed E-state index contributed by atoms with van der Waals surface area (Å²) in [6.45, 7) is 9.64. The Labute approximate surface area is 155 Å². The lowest BCUT2D eigenvalue weighted by molar-refractivity contribution is 0.0307. The molecular formula is C19H28Cl2N2O. The van der Waals surface area contributed by atoms with Crippen molar-refractivity contribution in [2.75, 3.05) is 45.9 Å². The summed E-state index contributed by atoms with van der Waals surface area (Å²) < 4.78 is 5.47. The summed E-state index contributed by atoms with van der Waals surface area (Å²) in [5, 5.41) is 1.30. The number of rotatable bonds is 5. The van der Waals surface area contributed by atoms with Gasteiger partial charge in [0.05, 0.1) is 23.3 Å². The van der Waals surface area contributed by atoms with Crippen LogP contribution in [0.15, 0.2) is 18.2 Å². The minimum atomic E-state index is 0.422. The third kappa shape index (κ3) is 4.86. The van der Waals surface area contributed by atoms with Crippen molar-refractivity contribution in [3.63, 3.8) is 0 Å². The van der Waals surface area contributed by atoms with Crippen molar-refractivity contribution in [2.24, 2.45) is 5.92 Å². The first-order valence-corrected chi connectivity index (χ1v) is 9.88. The van der Waals surface area contributed by atoms with Crippen molar-refractivity contribution in [3.8, 4) is 0 Å². The highest BCUT2D eigenvalue weighted by molar-refractivity contribution is 6.42. The van der Waals surface area contributed by atoms with E-state index in [0.29, 0.717) is 16.1 Å². The number of piperidine rings is 1. The van der Waals surface area contributed by atoms with Gasteiger partial charge in [0.25, 0.3) is 0 Å². The minimum absolute atomic E-state index is 0.422. The highest BCUT2D eigenvalue weighted by atomic mass is 35.5. The van der Waals surface area contributed by atoms with Gasteiger partial charge >= 0.3 is 0 Å². The first-order valence-electron chi connectivity index (χ1n) is 9.12. The Hall–Kier alpha value is -0.320. The van der Waals surface area contributed by atoms with Crippen molar-refractivity contribution in [2.45, 2.75) is 32.2 Å². The van der Waals surface area contributed by atoms with Crippen LogP contribution in [0.3, 0.4) is 0 Å². The molecule has 5 heteroatoms. The van der Waals surface area contributed by atoms with Gasteiger partial charge in [0, 0.05) is 32.2 Å². The monoisotopic (exact) mass is 370 g/mol. The lowest BCUT2D eigenvalue weighted by atomic mass is 9.94. The van der Waals surface area contributed by atoms with Gasteiger partial charge in [-0.1, -0.05) is 36.2 Å². The standard InChI is InChI=1S/C19H28Cl2N2O/c1-15-3-2-7-23(14-15)19(6-8-22-9-11-24-12-10-22)16-4-5-17(20)18(21)13-16/h4-5,13,15,19H,2-3,6-12,14H2,1H3. The number of morpholine rings is 1. The van der Waals surface area contributed by atoms with Crippen molar-refractivity contribution in [1.29, 1.82) is 0 Å². The number of likely N-dealkylation sites (tertiary alicyclic amines) is 1. The first kappa shape index (κ1) is 18.5. The van der Waals surface area contributed by atoms with Crippen LogP contribution in [0.25, 0.3) is 0 Å². The van der Waals surface area contributed by atoms with Gasteiger partial charge in [-0.3, -0.25) is 9.80 Å². The Morgan fingerprint density at radius 1 is 1.17 bits per heavy atom. The molecule has 2 aliphatic heterocycles. The molecule has 0 spiro atoms. The molecule has 3 nitrogen and oxygen atoms in total. The van der Waals surface area contributed by atoms with E-state index in [2.05, 4.69) is 28.9 Å². The fourth-order valence-corrected chi connectivity index (χ4v) is 4.22. The Morgan fingerprint density at radius 3 is 2.67 bits per heavy atom. The Morgan fingerprint density at radius 2 is 1.96 bits per heavy atom. The molecule has 0 N–H and O–H groups in total. The van der Waals surface area contributed by atoms with Crippen LogP contribution in [0.2, 0.25) is 10.0 Å². The molecule has 0 amide bonds. The van der Waals surface area contributed by atoms with E-state index < -0.39 is 0 Å². The van der Waals surface area contributed by atoms with Gasteiger partial charge in [-0.15, -0.1) is 0 Å². The molecule has 1 aromatic carbocycles. The maximum atomic E-state index is 6.30. The van der Waals surface area contributed by atoms with E-state index in [4.69, 9.17) is 27.9 Å². The van der Waals surface area contributed by atoms with Crippen LogP contribution < -0.4 is 0 Å². The van der Waals surface area contributed by atoms with E-state index in [0.717, 1.165) is 45.2 Å². The largest absolute Gasteiger partial charge is 0.379 e. The van der Waals surface area contributed by atoms with Gasteiger partial charge in [0.2, 0.25) is 0 Å². The van der Waals surface area contributed by atoms with Crippen molar-refractivity contribution in [3.05, 3.63) is 33.8 Å². The van der Waals surface area contributed by atoms with Gasteiger partial charge in [0.15, 0.2) is 0 Å². The summed E-state index contributed by atoms with van der Waals surface area (Å²) >= 11 is 12.4. The lowest BCUT2D eigenvalue weighted by Gasteiger charge is -2.39. The molecule has 2 heterocycles.